The summed E-state index contributed by atoms with van der Waals surface area (Å²) in [6, 6.07) is 0.631. The van der Waals surface area contributed by atoms with Crippen LogP contribution in [0.25, 0.3) is 0 Å². The first-order valence-corrected chi connectivity index (χ1v) is 8.07. The van der Waals surface area contributed by atoms with E-state index < -0.39 is 0 Å². The molecule has 0 N–H and O–H groups in total. The molecule has 2 atom stereocenters. The minimum Gasteiger partial charge on any atom is -0.303 e. The quantitative estimate of drug-likeness (QED) is 0.719. The van der Waals surface area contributed by atoms with Gasteiger partial charge in [0.25, 0.3) is 0 Å². The van der Waals surface area contributed by atoms with E-state index in [2.05, 4.69) is 30.5 Å². The van der Waals surface area contributed by atoms with Gasteiger partial charge in [0.05, 0.1) is 4.87 Å². The first-order valence-electron chi connectivity index (χ1n) is 7.09. The summed E-state index contributed by atoms with van der Waals surface area (Å²) in [5.74, 6) is 1.93. The Morgan fingerprint density at radius 1 is 1.35 bits per heavy atom. The number of rotatable bonds is 4. The van der Waals surface area contributed by atoms with E-state index in [1.807, 2.05) is 0 Å². The number of thioether (sulfide) groups is 1. The minimum absolute atomic E-state index is 0.135. The van der Waals surface area contributed by atoms with Crippen LogP contribution in [-0.4, -0.2) is 34.4 Å². The third-order valence-electron chi connectivity index (χ3n) is 4.55. The van der Waals surface area contributed by atoms with E-state index in [9.17, 15) is 4.79 Å². The standard InChI is InChI=1S/C14H25NOS/c1-3-15-12(2)11-17-14(15,9-10-16)13-7-5-4-6-8-13/h10,12-13H,3-9,11H2,1-2H3. The van der Waals surface area contributed by atoms with Crippen molar-refractivity contribution in [2.24, 2.45) is 5.92 Å². The molecule has 2 fully saturated rings. The zero-order valence-corrected chi connectivity index (χ0v) is 12.0. The van der Waals surface area contributed by atoms with Crippen molar-refractivity contribution in [1.82, 2.24) is 4.90 Å². The van der Waals surface area contributed by atoms with Crippen LogP contribution in [0.15, 0.2) is 0 Å². The number of carbonyl (C=O) groups excluding carboxylic acids is 1. The predicted molar refractivity (Wildman–Crippen MR) is 74.3 cm³/mol. The highest BCUT2D eigenvalue weighted by atomic mass is 32.2. The van der Waals surface area contributed by atoms with Crippen LogP contribution >= 0.6 is 11.8 Å². The van der Waals surface area contributed by atoms with Crippen molar-refractivity contribution in [2.45, 2.75) is 63.3 Å². The van der Waals surface area contributed by atoms with Crippen LogP contribution in [-0.2, 0) is 4.79 Å². The molecule has 17 heavy (non-hydrogen) atoms. The highest BCUT2D eigenvalue weighted by molar-refractivity contribution is 8.00. The summed E-state index contributed by atoms with van der Waals surface area (Å²) in [7, 11) is 0. The Kier molecular flexibility index (Phi) is 4.53. The van der Waals surface area contributed by atoms with Crippen LogP contribution in [0.3, 0.4) is 0 Å². The van der Waals surface area contributed by atoms with Crippen molar-refractivity contribution in [3.05, 3.63) is 0 Å². The predicted octanol–water partition coefficient (Wildman–Crippen LogP) is 3.31. The van der Waals surface area contributed by atoms with Crippen LogP contribution in [0.2, 0.25) is 0 Å². The first kappa shape index (κ1) is 13.4. The fourth-order valence-corrected chi connectivity index (χ4v) is 5.60. The van der Waals surface area contributed by atoms with Crippen LogP contribution in [0.4, 0.5) is 0 Å². The summed E-state index contributed by atoms with van der Waals surface area (Å²) in [6.07, 6.45) is 8.63. The van der Waals surface area contributed by atoms with Crippen LogP contribution < -0.4 is 0 Å². The van der Waals surface area contributed by atoms with Gasteiger partial charge in [-0.1, -0.05) is 26.2 Å². The maximum absolute atomic E-state index is 11.1. The third-order valence-corrected chi connectivity index (χ3v) is 6.44. The van der Waals surface area contributed by atoms with Gasteiger partial charge in [0.2, 0.25) is 0 Å². The molecule has 0 radical (unpaired) electrons. The Morgan fingerprint density at radius 3 is 2.65 bits per heavy atom. The SMILES string of the molecule is CCN1C(C)CSC1(CC=O)C1CCCCC1. The summed E-state index contributed by atoms with van der Waals surface area (Å²) in [5.41, 5.74) is 0. The largest absolute Gasteiger partial charge is 0.303 e. The van der Waals surface area contributed by atoms with E-state index in [1.54, 1.807) is 0 Å². The molecule has 0 aromatic heterocycles. The first-order chi connectivity index (χ1) is 8.24. The van der Waals surface area contributed by atoms with E-state index >= 15 is 0 Å². The molecule has 1 aliphatic carbocycles. The van der Waals surface area contributed by atoms with Gasteiger partial charge >= 0.3 is 0 Å². The Morgan fingerprint density at radius 2 is 2.06 bits per heavy atom. The molecule has 2 unspecified atom stereocenters. The summed E-state index contributed by atoms with van der Waals surface area (Å²) in [4.78, 5) is 13.9. The second kappa shape index (κ2) is 5.75. The van der Waals surface area contributed by atoms with E-state index in [-0.39, 0.29) is 4.87 Å². The smallest absolute Gasteiger partial charge is 0.122 e. The van der Waals surface area contributed by atoms with Crippen LogP contribution in [0.5, 0.6) is 0 Å². The molecule has 0 amide bonds. The lowest BCUT2D eigenvalue weighted by Gasteiger charge is -2.45. The van der Waals surface area contributed by atoms with Crippen molar-refractivity contribution in [3.8, 4) is 0 Å². The fraction of sp³-hybridized carbons (Fsp3) is 0.929. The van der Waals surface area contributed by atoms with Gasteiger partial charge in [-0.05, 0) is 32.2 Å². The van der Waals surface area contributed by atoms with E-state index in [0.717, 1.165) is 25.2 Å². The second-order valence-corrected chi connectivity index (χ2v) is 6.83. The second-order valence-electron chi connectivity index (χ2n) is 5.50. The van der Waals surface area contributed by atoms with Gasteiger partial charge in [-0.3, -0.25) is 4.90 Å². The van der Waals surface area contributed by atoms with Crippen molar-refractivity contribution >= 4 is 18.0 Å². The molecule has 0 aromatic rings. The number of carbonyl (C=O) groups is 1. The molecule has 1 heterocycles. The van der Waals surface area contributed by atoms with Crippen molar-refractivity contribution < 1.29 is 4.79 Å². The molecule has 2 nitrogen and oxygen atoms in total. The molecule has 2 aliphatic rings. The average molecular weight is 255 g/mol. The Hall–Kier alpha value is -0.0200. The Labute approximate surface area is 110 Å². The van der Waals surface area contributed by atoms with Gasteiger partial charge in [0.15, 0.2) is 0 Å². The number of aldehydes is 1. The van der Waals surface area contributed by atoms with Gasteiger partial charge in [-0.25, -0.2) is 0 Å². The van der Waals surface area contributed by atoms with E-state index in [1.165, 1.54) is 37.9 Å². The lowest BCUT2D eigenvalue weighted by Crippen LogP contribution is -2.51. The molecule has 1 saturated carbocycles. The zero-order chi connectivity index (χ0) is 12.3. The Balaban J connectivity index is 2.20. The van der Waals surface area contributed by atoms with Gasteiger partial charge in [0, 0.05) is 18.2 Å². The minimum atomic E-state index is 0.135. The fourth-order valence-electron chi connectivity index (χ4n) is 3.76. The molecular formula is C14H25NOS. The lowest BCUT2D eigenvalue weighted by molar-refractivity contribution is -0.110. The van der Waals surface area contributed by atoms with Crippen molar-refractivity contribution in [2.75, 3.05) is 12.3 Å². The molecular weight excluding hydrogens is 230 g/mol. The molecule has 1 saturated heterocycles. The lowest BCUT2D eigenvalue weighted by atomic mass is 9.81. The van der Waals surface area contributed by atoms with Crippen molar-refractivity contribution in [3.63, 3.8) is 0 Å². The molecule has 98 valence electrons. The maximum atomic E-state index is 11.1. The normalized spacial score (nSPS) is 36.2. The molecule has 0 bridgehead atoms. The third kappa shape index (κ3) is 2.41. The number of hydrogen-bond donors (Lipinski definition) is 0. The van der Waals surface area contributed by atoms with Gasteiger partial charge < -0.3 is 4.79 Å². The monoisotopic (exact) mass is 255 g/mol. The summed E-state index contributed by atoms with van der Waals surface area (Å²) >= 11 is 2.06. The zero-order valence-electron chi connectivity index (χ0n) is 11.2. The van der Waals surface area contributed by atoms with E-state index in [0.29, 0.717) is 6.04 Å². The van der Waals surface area contributed by atoms with Crippen molar-refractivity contribution in [1.29, 1.82) is 0 Å². The molecule has 3 heteroatoms. The topological polar surface area (TPSA) is 20.3 Å². The van der Waals surface area contributed by atoms with Gasteiger partial charge in [0.1, 0.15) is 6.29 Å². The summed E-state index contributed by atoms with van der Waals surface area (Å²) < 4.78 is 0. The average Bonchev–Trinajstić information content (AvgIpc) is 2.69. The highest BCUT2D eigenvalue weighted by Crippen LogP contribution is 2.50. The maximum Gasteiger partial charge on any atom is 0.122 e. The van der Waals surface area contributed by atoms with Crippen LogP contribution in [0.1, 0.15) is 52.4 Å². The number of nitrogens with zero attached hydrogens (tertiary/aromatic N) is 1. The molecule has 0 aromatic carbocycles. The number of hydrogen-bond acceptors (Lipinski definition) is 3. The van der Waals surface area contributed by atoms with Gasteiger partial charge in [-0.15, -0.1) is 11.8 Å². The van der Waals surface area contributed by atoms with E-state index in [4.69, 9.17) is 0 Å². The molecule has 0 spiro atoms. The summed E-state index contributed by atoms with van der Waals surface area (Å²) in [6.45, 7) is 5.63. The molecule has 2 rings (SSSR count). The highest BCUT2D eigenvalue weighted by Gasteiger charge is 2.49. The van der Waals surface area contributed by atoms with Crippen LogP contribution in [0, 0.1) is 5.92 Å². The summed E-state index contributed by atoms with van der Waals surface area (Å²) in [5, 5.41) is 0. The van der Waals surface area contributed by atoms with Gasteiger partial charge in [-0.2, -0.15) is 0 Å². The Bertz CT molecular complexity index is 265. The molecule has 1 aliphatic heterocycles.